The van der Waals surface area contributed by atoms with Gasteiger partial charge in [0.15, 0.2) is 0 Å². The summed E-state index contributed by atoms with van der Waals surface area (Å²) in [6.07, 6.45) is 8.30. The van der Waals surface area contributed by atoms with Crippen LogP contribution in [-0.2, 0) is 6.42 Å². The zero-order valence-electron chi connectivity index (χ0n) is 14.5. The Morgan fingerprint density at radius 3 is 2.57 bits per heavy atom. The van der Waals surface area contributed by atoms with E-state index in [2.05, 4.69) is 25.1 Å². The van der Waals surface area contributed by atoms with E-state index in [9.17, 15) is 5.11 Å². The van der Waals surface area contributed by atoms with Crippen LogP contribution in [0, 0.1) is 0 Å². The molecule has 0 aliphatic carbocycles. The van der Waals surface area contributed by atoms with Crippen molar-refractivity contribution < 1.29 is 5.11 Å². The van der Waals surface area contributed by atoms with Crippen LogP contribution in [0.25, 0.3) is 0 Å². The lowest BCUT2D eigenvalue weighted by atomic mass is 10.1. The first-order chi connectivity index (χ1) is 10.9. The van der Waals surface area contributed by atoms with E-state index < -0.39 is 0 Å². The summed E-state index contributed by atoms with van der Waals surface area (Å²) in [7, 11) is 3.81. The van der Waals surface area contributed by atoms with Crippen molar-refractivity contribution in [1.29, 1.82) is 0 Å². The molecule has 23 heavy (non-hydrogen) atoms. The van der Waals surface area contributed by atoms with E-state index in [4.69, 9.17) is 0 Å². The second-order valence-electron chi connectivity index (χ2n) is 5.45. The molecule has 0 radical (unpaired) electrons. The fourth-order valence-corrected chi connectivity index (χ4v) is 1.97. The Hall–Kier alpha value is -2.55. The van der Waals surface area contributed by atoms with Crippen molar-refractivity contribution in [2.75, 3.05) is 14.1 Å². The molecule has 0 saturated heterocycles. The van der Waals surface area contributed by atoms with Gasteiger partial charge in [-0.3, -0.25) is 0 Å². The van der Waals surface area contributed by atoms with Crippen LogP contribution < -0.4 is 0 Å². The van der Waals surface area contributed by atoms with Crippen molar-refractivity contribution in [2.45, 2.75) is 20.3 Å². The number of allylic oxidation sites excluding steroid dienone is 5. The number of phenols is 1. The Kier molecular flexibility index (Phi) is 7.07. The molecule has 0 unspecified atom stereocenters. The van der Waals surface area contributed by atoms with Crippen molar-refractivity contribution >= 4 is 5.84 Å². The van der Waals surface area contributed by atoms with Gasteiger partial charge in [-0.15, -0.1) is 0 Å². The van der Waals surface area contributed by atoms with Gasteiger partial charge in [-0.2, -0.15) is 0 Å². The largest absolute Gasteiger partial charge is 0.507 e. The van der Waals surface area contributed by atoms with Crippen molar-refractivity contribution in [3.8, 4) is 5.75 Å². The highest BCUT2D eigenvalue weighted by Crippen LogP contribution is 2.22. The smallest absolute Gasteiger partial charge is 0.139 e. The molecule has 0 aromatic heterocycles. The maximum absolute atomic E-state index is 10.2. The number of aliphatic imine (C=N–C) groups is 1. The number of hydrogen-bond acceptors (Lipinski definition) is 2. The Bertz CT molecular complexity index is 664. The number of aromatic hydroxyl groups is 1. The average Bonchev–Trinajstić information content (AvgIpc) is 2.53. The molecule has 0 aliphatic heterocycles. The fraction of sp³-hybridized carbons (Fsp3) is 0.250. The molecule has 0 atom stereocenters. The topological polar surface area (TPSA) is 35.8 Å². The summed E-state index contributed by atoms with van der Waals surface area (Å²) in [5.74, 6) is 0.902. The third-order valence-corrected chi connectivity index (χ3v) is 3.42. The minimum Gasteiger partial charge on any atom is -0.507 e. The number of phenolic OH excluding ortho intramolecular Hbond substituents is 1. The van der Waals surface area contributed by atoms with Crippen molar-refractivity contribution in [1.82, 2.24) is 4.90 Å². The van der Waals surface area contributed by atoms with Crippen molar-refractivity contribution in [3.63, 3.8) is 0 Å². The summed E-state index contributed by atoms with van der Waals surface area (Å²) >= 11 is 0. The summed E-state index contributed by atoms with van der Waals surface area (Å²) in [4.78, 5) is 6.50. The minimum atomic E-state index is 0.218. The van der Waals surface area contributed by atoms with E-state index in [0.29, 0.717) is 17.1 Å². The van der Waals surface area contributed by atoms with Gasteiger partial charge in [0.1, 0.15) is 11.6 Å². The van der Waals surface area contributed by atoms with Gasteiger partial charge < -0.3 is 10.0 Å². The highest BCUT2D eigenvalue weighted by atomic mass is 16.3. The molecule has 122 valence electrons. The molecule has 0 heterocycles. The molecular formula is C20H26N2O. The predicted octanol–water partition coefficient (Wildman–Crippen LogP) is 4.47. The first-order valence-electron chi connectivity index (χ1n) is 7.64. The summed E-state index contributed by atoms with van der Waals surface area (Å²) in [5.41, 5.74) is 3.47. The first kappa shape index (κ1) is 18.5. The van der Waals surface area contributed by atoms with Crippen LogP contribution in [0.15, 0.2) is 71.9 Å². The van der Waals surface area contributed by atoms with E-state index >= 15 is 0 Å². The second-order valence-corrected chi connectivity index (χ2v) is 5.45. The molecule has 1 N–H and O–H groups in total. The van der Waals surface area contributed by atoms with E-state index in [1.165, 1.54) is 0 Å². The molecule has 1 rings (SSSR count). The standard InChI is InChI=1S/C20H26N2O/c1-7-9-10-11-15(3)16(4)21-20(22(5)6)18-14-17(8-2)12-13-19(18)23/h7,9-14,23H,1,4,8H2,2-3,5-6H3/b10-9-,15-11+,21-20?. The monoisotopic (exact) mass is 310 g/mol. The Balaban J connectivity index is 3.26. The van der Waals surface area contributed by atoms with Gasteiger partial charge >= 0.3 is 0 Å². The zero-order valence-corrected chi connectivity index (χ0v) is 14.5. The molecule has 0 amide bonds. The number of aryl methyl sites for hydroxylation is 1. The summed E-state index contributed by atoms with van der Waals surface area (Å²) in [6, 6.07) is 5.61. The predicted molar refractivity (Wildman–Crippen MR) is 99.9 cm³/mol. The summed E-state index contributed by atoms with van der Waals surface area (Å²) in [5, 5.41) is 10.2. The second kappa shape index (κ2) is 8.79. The molecule has 1 aromatic carbocycles. The summed E-state index contributed by atoms with van der Waals surface area (Å²) < 4.78 is 0. The molecular weight excluding hydrogens is 284 g/mol. The van der Waals surface area contributed by atoms with Gasteiger partial charge in [0.05, 0.1) is 11.3 Å². The lowest BCUT2D eigenvalue weighted by Gasteiger charge is -2.18. The Labute approximate surface area is 139 Å². The van der Waals surface area contributed by atoms with Crippen LogP contribution in [0.3, 0.4) is 0 Å². The maximum atomic E-state index is 10.2. The van der Waals surface area contributed by atoms with Gasteiger partial charge in [-0.1, -0.05) is 50.5 Å². The first-order valence-corrected chi connectivity index (χ1v) is 7.64. The Morgan fingerprint density at radius 1 is 1.30 bits per heavy atom. The quantitative estimate of drug-likeness (QED) is 0.478. The molecule has 3 heteroatoms. The van der Waals surface area contributed by atoms with E-state index in [1.54, 1.807) is 12.1 Å². The van der Waals surface area contributed by atoms with Crippen LogP contribution in [0.2, 0.25) is 0 Å². The molecule has 0 spiro atoms. The van der Waals surface area contributed by atoms with Gasteiger partial charge in [-0.25, -0.2) is 4.99 Å². The Morgan fingerprint density at radius 2 is 2.00 bits per heavy atom. The maximum Gasteiger partial charge on any atom is 0.139 e. The highest BCUT2D eigenvalue weighted by molar-refractivity contribution is 6.01. The van der Waals surface area contributed by atoms with Crippen LogP contribution in [0.5, 0.6) is 5.75 Å². The highest BCUT2D eigenvalue weighted by Gasteiger charge is 2.13. The van der Waals surface area contributed by atoms with Gasteiger partial charge in [-0.05, 0) is 36.6 Å². The van der Waals surface area contributed by atoms with E-state index in [1.807, 2.05) is 56.3 Å². The van der Waals surface area contributed by atoms with Crippen LogP contribution in [-0.4, -0.2) is 29.9 Å². The number of benzene rings is 1. The third kappa shape index (κ3) is 5.29. The third-order valence-electron chi connectivity index (χ3n) is 3.42. The van der Waals surface area contributed by atoms with Gasteiger partial charge in [0.25, 0.3) is 0 Å². The average molecular weight is 310 g/mol. The fourth-order valence-electron chi connectivity index (χ4n) is 1.97. The molecule has 0 bridgehead atoms. The van der Waals surface area contributed by atoms with Gasteiger partial charge in [0.2, 0.25) is 0 Å². The molecule has 0 aliphatic rings. The van der Waals surface area contributed by atoms with Crippen molar-refractivity contribution in [3.05, 3.63) is 78.1 Å². The molecule has 1 aromatic rings. The van der Waals surface area contributed by atoms with Crippen LogP contribution in [0.1, 0.15) is 25.0 Å². The van der Waals surface area contributed by atoms with E-state index in [-0.39, 0.29) is 5.75 Å². The normalized spacial score (nSPS) is 12.5. The van der Waals surface area contributed by atoms with Gasteiger partial charge in [0, 0.05) is 14.1 Å². The number of rotatable bonds is 6. The minimum absolute atomic E-state index is 0.218. The number of nitrogens with zero attached hydrogens (tertiary/aromatic N) is 2. The van der Waals surface area contributed by atoms with Crippen LogP contribution in [0.4, 0.5) is 0 Å². The lowest BCUT2D eigenvalue weighted by Crippen LogP contribution is -2.23. The SMILES string of the molecule is C=C/C=C\C=C(/C)C(=C)N=C(c1cc(CC)ccc1O)N(C)C. The number of hydrogen-bond donors (Lipinski definition) is 1. The lowest BCUT2D eigenvalue weighted by molar-refractivity contribution is 0.471. The summed E-state index contributed by atoms with van der Waals surface area (Å²) in [6.45, 7) is 11.7. The molecule has 0 saturated carbocycles. The zero-order chi connectivity index (χ0) is 17.4. The number of amidine groups is 1. The molecule has 0 fully saturated rings. The van der Waals surface area contributed by atoms with E-state index in [0.717, 1.165) is 17.6 Å². The van der Waals surface area contributed by atoms with Crippen LogP contribution >= 0.6 is 0 Å². The molecule has 3 nitrogen and oxygen atoms in total. The van der Waals surface area contributed by atoms with Crippen molar-refractivity contribution in [2.24, 2.45) is 4.99 Å².